The van der Waals surface area contributed by atoms with E-state index in [4.69, 9.17) is 22.1 Å². The van der Waals surface area contributed by atoms with Crippen molar-refractivity contribution in [2.24, 2.45) is 0 Å². The van der Waals surface area contributed by atoms with Crippen molar-refractivity contribution < 1.29 is 4.74 Å². The Balaban J connectivity index is 1.65. The molecule has 2 N–H and O–H groups in total. The second-order valence-corrected chi connectivity index (χ2v) is 5.66. The predicted octanol–water partition coefficient (Wildman–Crippen LogP) is 3.75. The summed E-state index contributed by atoms with van der Waals surface area (Å²) in [7, 11) is 0. The van der Waals surface area contributed by atoms with Gasteiger partial charge in [-0.15, -0.1) is 0 Å². The molecule has 0 aromatic heterocycles. The number of ether oxygens (including phenoxy) is 1. The molecule has 0 unspecified atom stereocenters. The molecule has 0 amide bonds. The molecule has 0 radical (unpaired) electrons. The first-order valence-electron chi connectivity index (χ1n) is 7.25. The predicted molar refractivity (Wildman–Crippen MR) is 88.3 cm³/mol. The Hall–Kier alpha value is -1.87. The Bertz CT molecular complexity index is 630. The van der Waals surface area contributed by atoms with Crippen molar-refractivity contribution in [2.45, 2.75) is 12.8 Å². The largest absolute Gasteiger partial charge is 0.490 e. The molecule has 4 heteroatoms. The topological polar surface area (TPSA) is 38.5 Å². The summed E-state index contributed by atoms with van der Waals surface area (Å²) in [6.07, 6.45) is 2.29. The summed E-state index contributed by atoms with van der Waals surface area (Å²) in [4.78, 5) is 2.34. The molecule has 0 saturated carbocycles. The molecule has 1 aliphatic heterocycles. The minimum Gasteiger partial charge on any atom is -0.490 e. The van der Waals surface area contributed by atoms with E-state index in [1.54, 1.807) is 0 Å². The van der Waals surface area contributed by atoms with Gasteiger partial charge in [0, 0.05) is 17.9 Å². The van der Waals surface area contributed by atoms with Gasteiger partial charge in [0.15, 0.2) is 0 Å². The lowest BCUT2D eigenvalue weighted by molar-refractivity contribution is 0.323. The summed E-state index contributed by atoms with van der Waals surface area (Å²) in [5, 5.41) is 0.654. The molecule has 3 nitrogen and oxygen atoms in total. The standard InChI is InChI=1S/C17H19ClN2O/c18-15-5-1-2-6-17(15)21-11-10-20-9-3-4-13-7-8-14(19)12-16(13)20/h1-2,5-8,12H,3-4,9-11,19H2. The van der Waals surface area contributed by atoms with E-state index in [-0.39, 0.29) is 0 Å². The van der Waals surface area contributed by atoms with Crippen LogP contribution in [0.5, 0.6) is 5.75 Å². The van der Waals surface area contributed by atoms with Crippen LogP contribution in [0, 0.1) is 0 Å². The number of para-hydroxylation sites is 1. The van der Waals surface area contributed by atoms with Gasteiger partial charge in [-0.1, -0.05) is 29.8 Å². The third-order valence-electron chi connectivity index (χ3n) is 3.78. The molecule has 0 aliphatic carbocycles. The number of nitrogens with two attached hydrogens (primary N) is 1. The maximum Gasteiger partial charge on any atom is 0.137 e. The summed E-state index contributed by atoms with van der Waals surface area (Å²) in [5.41, 5.74) is 9.33. The Morgan fingerprint density at radius 1 is 1.19 bits per heavy atom. The fourth-order valence-corrected chi connectivity index (χ4v) is 2.92. The van der Waals surface area contributed by atoms with Crippen LogP contribution in [0.1, 0.15) is 12.0 Å². The van der Waals surface area contributed by atoms with Gasteiger partial charge in [-0.2, -0.15) is 0 Å². The van der Waals surface area contributed by atoms with Crippen molar-refractivity contribution in [1.29, 1.82) is 0 Å². The van der Waals surface area contributed by atoms with Crippen LogP contribution in [0.25, 0.3) is 0 Å². The van der Waals surface area contributed by atoms with Gasteiger partial charge in [-0.3, -0.25) is 0 Å². The normalized spacial score (nSPS) is 13.9. The van der Waals surface area contributed by atoms with E-state index in [1.165, 1.54) is 17.7 Å². The first kappa shape index (κ1) is 14.1. The van der Waals surface area contributed by atoms with Crippen LogP contribution in [-0.2, 0) is 6.42 Å². The van der Waals surface area contributed by atoms with Crippen LogP contribution in [0.4, 0.5) is 11.4 Å². The summed E-state index contributed by atoms with van der Waals surface area (Å²) in [6.45, 7) is 2.49. The molecule has 21 heavy (non-hydrogen) atoms. The highest BCUT2D eigenvalue weighted by Gasteiger charge is 2.16. The number of benzene rings is 2. The molecule has 110 valence electrons. The molecule has 0 spiro atoms. The highest BCUT2D eigenvalue weighted by atomic mass is 35.5. The van der Waals surface area contributed by atoms with E-state index in [1.807, 2.05) is 30.3 Å². The zero-order valence-corrected chi connectivity index (χ0v) is 12.6. The lowest BCUT2D eigenvalue weighted by Crippen LogP contribution is -2.33. The number of hydrogen-bond donors (Lipinski definition) is 1. The van der Waals surface area contributed by atoms with E-state index in [9.17, 15) is 0 Å². The van der Waals surface area contributed by atoms with Crippen molar-refractivity contribution in [3.63, 3.8) is 0 Å². The molecule has 0 bridgehead atoms. The Morgan fingerprint density at radius 2 is 2.05 bits per heavy atom. The zero-order valence-electron chi connectivity index (χ0n) is 11.9. The van der Waals surface area contributed by atoms with Crippen LogP contribution in [0.2, 0.25) is 5.02 Å². The number of anilines is 2. The molecule has 3 rings (SSSR count). The summed E-state index contributed by atoms with van der Waals surface area (Å²) >= 11 is 6.09. The number of nitrogen functional groups attached to an aromatic ring is 1. The molecule has 0 atom stereocenters. The monoisotopic (exact) mass is 302 g/mol. The third kappa shape index (κ3) is 3.24. The minimum atomic E-state index is 0.609. The van der Waals surface area contributed by atoms with E-state index >= 15 is 0 Å². The van der Waals surface area contributed by atoms with Gasteiger partial charge in [-0.25, -0.2) is 0 Å². The number of nitrogens with zero attached hydrogens (tertiary/aromatic N) is 1. The van der Waals surface area contributed by atoms with Gasteiger partial charge in [-0.05, 0) is 42.7 Å². The van der Waals surface area contributed by atoms with Gasteiger partial charge in [0.2, 0.25) is 0 Å². The van der Waals surface area contributed by atoms with Crippen LogP contribution in [0.3, 0.4) is 0 Å². The lowest BCUT2D eigenvalue weighted by Gasteiger charge is -2.31. The smallest absolute Gasteiger partial charge is 0.137 e. The second-order valence-electron chi connectivity index (χ2n) is 5.26. The number of halogens is 1. The fourth-order valence-electron chi connectivity index (χ4n) is 2.73. The average Bonchev–Trinajstić information content (AvgIpc) is 2.49. The third-order valence-corrected chi connectivity index (χ3v) is 4.09. The molecule has 2 aromatic carbocycles. The first-order chi connectivity index (χ1) is 10.2. The van der Waals surface area contributed by atoms with Crippen LogP contribution in [0.15, 0.2) is 42.5 Å². The molecular weight excluding hydrogens is 284 g/mol. The molecule has 2 aromatic rings. The Morgan fingerprint density at radius 3 is 2.90 bits per heavy atom. The van der Waals surface area contributed by atoms with Crippen molar-refractivity contribution in [3.8, 4) is 5.75 Å². The SMILES string of the molecule is Nc1ccc2c(c1)N(CCOc1ccccc1Cl)CCC2. The van der Waals surface area contributed by atoms with Gasteiger partial charge >= 0.3 is 0 Å². The zero-order chi connectivity index (χ0) is 14.7. The minimum absolute atomic E-state index is 0.609. The highest BCUT2D eigenvalue weighted by molar-refractivity contribution is 6.32. The summed E-state index contributed by atoms with van der Waals surface area (Å²) < 4.78 is 5.78. The maximum absolute atomic E-state index is 6.09. The van der Waals surface area contributed by atoms with E-state index in [0.717, 1.165) is 30.9 Å². The second kappa shape index (κ2) is 6.27. The summed E-state index contributed by atoms with van der Waals surface area (Å²) in [6, 6.07) is 13.7. The summed E-state index contributed by atoms with van der Waals surface area (Å²) in [5.74, 6) is 0.740. The van der Waals surface area contributed by atoms with Crippen LogP contribution < -0.4 is 15.4 Å². The van der Waals surface area contributed by atoms with Crippen molar-refractivity contribution in [1.82, 2.24) is 0 Å². The average molecular weight is 303 g/mol. The van der Waals surface area contributed by atoms with Gasteiger partial charge in [0.25, 0.3) is 0 Å². The van der Waals surface area contributed by atoms with Gasteiger partial charge in [0.1, 0.15) is 12.4 Å². The Labute approximate surface area is 130 Å². The molecular formula is C17H19ClN2O. The molecule has 0 fully saturated rings. The number of fused-ring (bicyclic) bond motifs is 1. The van der Waals surface area contributed by atoms with Gasteiger partial charge < -0.3 is 15.4 Å². The number of aryl methyl sites for hydroxylation is 1. The quantitative estimate of drug-likeness (QED) is 0.874. The fraction of sp³-hybridized carbons (Fsp3) is 0.294. The highest BCUT2D eigenvalue weighted by Crippen LogP contribution is 2.29. The van der Waals surface area contributed by atoms with Crippen molar-refractivity contribution >= 4 is 23.0 Å². The van der Waals surface area contributed by atoms with Crippen molar-refractivity contribution in [2.75, 3.05) is 30.3 Å². The van der Waals surface area contributed by atoms with Crippen molar-refractivity contribution in [3.05, 3.63) is 53.1 Å². The van der Waals surface area contributed by atoms with E-state index in [0.29, 0.717) is 11.6 Å². The molecule has 1 aliphatic rings. The number of rotatable bonds is 4. The molecule has 0 saturated heterocycles. The first-order valence-corrected chi connectivity index (χ1v) is 7.62. The van der Waals surface area contributed by atoms with Crippen LogP contribution >= 0.6 is 11.6 Å². The van der Waals surface area contributed by atoms with Gasteiger partial charge in [0.05, 0.1) is 11.6 Å². The Kier molecular flexibility index (Phi) is 4.20. The van der Waals surface area contributed by atoms with Crippen LogP contribution in [-0.4, -0.2) is 19.7 Å². The lowest BCUT2D eigenvalue weighted by atomic mass is 10.0. The molecule has 1 heterocycles. The van der Waals surface area contributed by atoms with E-state index < -0.39 is 0 Å². The number of hydrogen-bond acceptors (Lipinski definition) is 3. The maximum atomic E-state index is 6.09. The van der Waals surface area contributed by atoms with E-state index in [2.05, 4.69) is 17.0 Å².